The molecule has 3 aromatic rings. The van der Waals surface area contributed by atoms with E-state index >= 15 is 0 Å². The third-order valence-corrected chi connectivity index (χ3v) is 11.9. The number of ether oxygens (including phenoxy) is 1. The molecule has 0 aromatic heterocycles. The Morgan fingerprint density at radius 3 is 2.39 bits per heavy atom. The van der Waals surface area contributed by atoms with E-state index in [1.54, 1.807) is 4.90 Å². The lowest BCUT2D eigenvalue weighted by atomic mass is 9.87. The number of benzene rings is 3. The number of hydrogen-bond donors (Lipinski definition) is 0. The fourth-order valence-corrected chi connectivity index (χ4v) is 9.50. The molecule has 0 saturated carbocycles. The fourth-order valence-electron chi connectivity index (χ4n) is 7.82. The van der Waals surface area contributed by atoms with E-state index in [4.69, 9.17) is 4.74 Å². The van der Waals surface area contributed by atoms with E-state index in [1.807, 2.05) is 55.4 Å². The Hall–Kier alpha value is -4.11. The van der Waals surface area contributed by atoms with Gasteiger partial charge in [0.2, 0.25) is 10.0 Å². The summed E-state index contributed by atoms with van der Waals surface area (Å²) in [6, 6.07) is 16.3. The zero-order valence-corrected chi connectivity index (χ0v) is 26.6. The highest BCUT2D eigenvalue weighted by Gasteiger charge is 2.71. The van der Waals surface area contributed by atoms with Crippen molar-refractivity contribution in [2.75, 3.05) is 71.5 Å². The number of imide groups is 1. The van der Waals surface area contributed by atoms with E-state index < -0.39 is 55.0 Å². The number of nitro groups is 1. The van der Waals surface area contributed by atoms with Crippen LogP contribution in [0.4, 0.5) is 16.2 Å². The lowest BCUT2D eigenvalue weighted by Gasteiger charge is -2.32. The van der Waals surface area contributed by atoms with Gasteiger partial charge in [-0.15, -0.1) is 0 Å². The van der Waals surface area contributed by atoms with Gasteiger partial charge in [-0.3, -0.25) is 24.7 Å². The zero-order chi connectivity index (χ0) is 32.4. The molecule has 14 heteroatoms. The number of nitrogens with zero attached hydrogens (tertiary/aromatic N) is 6. The molecule has 242 valence electrons. The van der Waals surface area contributed by atoms with Crippen LogP contribution in [0, 0.1) is 16.0 Å². The second-order valence-corrected chi connectivity index (χ2v) is 14.5. The van der Waals surface area contributed by atoms with Crippen molar-refractivity contribution in [1.29, 1.82) is 0 Å². The topological polar surface area (TPSA) is 137 Å². The first kappa shape index (κ1) is 30.5. The van der Waals surface area contributed by atoms with Gasteiger partial charge in [0.15, 0.2) is 4.90 Å². The maximum atomic E-state index is 14.5. The van der Waals surface area contributed by atoms with Crippen molar-refractivity contribution in [3.63, 3.8) is 0 Å². The van der Waals surface area contributed by atoms with Gasteiger partial charge in [-0.2, -0.15) is 4.31 Å². The summed E-state index contributed by atoms with van der Waals surface area (Å²) in [6.45, 7) is 2.91. The summed E-state index contributed by atoms with van der Waals surface area (Å²) in [4.78, 5) is 46.6. The van der Waals surface area contributed by atoms with Gasteiger partial charge in [0, 0.05) is 76.4 Å². The van der Waals surface area contributed by atoms with Crippen LogP contribution in [0.1, 0.15) is 18.0 Å². The van der Waals surface area contributed by atoms with Crippen molar-refractivity contribution >= 4 is 44.1 Å². The second-order valence-electron chi connectivity index (χ2n) is 12.6. The van der Waals surface area contributed by atoms with Crippen molar-refractivity contribution < 1.29 is 27.7 Å². The molecule has 4 fully saturated rings. The van der Waals surface area contributed by atoms with Gasteiger partial charge in [-0.1, -0.05) is 42.5 Å². The van der Waals surface area contributed by atoms with Crippen molar-refractivity contribution in [2.24, 2.45) is 5.92 Å². The van der Waals surface area contributed by atoms with Crippen LogP contribution in [0.5, 0.6) is 0 Å². The van der Waals surface area contributed by atoms with Gasteiger partial charge < -0.3 is 14.5 Å². The Kier molecular flexibility index (Phi) is 7.50. The minimum atomic E-state index is -4.36. The molecule has 4 aliphatic heterocycles. The van der Waals surface area contributed by atoms with Crippen LogP contribution in [-0.4, -0.2) is 116 Å². The van der Waals surface area contributed by atoms with Crippen LogP contribution in [-0.2, 0) is 19.6 Å². The van der Waals surface area contributed by atoms with E-state index in [9.17, 15) is 28.1 Å². The summed E-state index contributed by atoms with van der Waals surface area (Å²) in [5.41, 5.74) is -0.0329. The molecule has 4 saturated heterocycles. The molecule has 1 unspecified atom stereocenters. The molecule has 0 bridgehead atoms. The number of fused-ring (bicyclic) bond motifs is 1. The Balaban J connectivity index is 1.30. The number of rotatable bonds is 8. The minimum absolute atomic E-state index is 0.0363. The lowest BCUT2D eigenvalue weighted by Crippen LogP contribution is -2.52. The molecule has 1 spiro atoms. The number of nitro benzene ring substituents is 1. The molecule has 3 aromatic carbocycles. The maximum absolute atomic E-state index is 14.5. The molecular weight excluding hydrogens is 612 g/mol. The van der Waals surface area contributed by atoms with Crippen LogP contribution < -0.4 is 4.90 Å². The first-order chi connectivity index (χ1) is 22.1. The third-order valence-electron chi connectivity index (χ3n) is 10.0. The Bertz CT molecular complexity index is 1850. The number of morpholine rings is 1. The van der Waals surface area contributed by atoms with Crippen LogP contribution >= 0.6 is 0 Å². The number of anilines is 1. The van der Waals surface area contributed by atoms with Crippen molar-refractivity contribution in [1.82, 2.24) is 19.0 Å². The Labute approximate surface area is 267 Å². The average molecular weight is 649 g/mol. The number of para-hydroxylation sites is 1. The van der Waals surface area contributed by atoms with Gasteiger partial charge in [0.25, 0.3) is 11.6 Å². The summed E-state index contributed by atoms with van der Waals surface area (Å²) in [5.74, 6) is -0.917. The van der Waals surface area contributed by atoms with Gasteiger partial charge >= 0.3 is 6.03 Å². The fraction of sp³-hybridized carbons (Fsp3) is 0.438. The van der Waals surface area contributed by atoms with E-state index in [0.29, 0.717) is 39.3 Å². The lowest BCUT2D eigenvalue weighted by molar-refractivity contribution is -0.387. The van der Waals surface area contributed by atoms with Crippen molar-refractivity contribution in [2.45, 2.75) is 22.9 Å². The Morgan fingerprint density at radius 1 is 0.978 bits per heavy atom. The molecule has 0 N–H and O–H groups in total. The highest BCUT2D eigenvalue weighted by Crippen LogP contribution is 2.56. The number of sulfonamides is 1. The van der Waals surface area contributed by atoms with Crippen LogP contribution in [0.3, 0.4) is 0 Å². The Morgan fingerprint density at radius 2 is 1.67 bits per heavy atom. The minimum Gasteiger partial charge on any atom is -0.379 e. The highest BCUT2D eigenvalue weighted by atomic mass is 32.2. The van der Waals surface area contributed by atoms with Crippen LogP contribution in [0.15, 0.2) is 65.6 Å². The first-order valence-corrected chi connectivity index (χ1v) is 16.9. The van der Waals surface area contributed by atoms with E-state index in [0.717, 1.165) is 32.4 Å². The number of carbonyl (C=O) groups excluding carboxylic acids is 2. The summed E-state index contributed by atoms with van der Waals surface area (Å²) in [5, 5.41) is 13.7. The first-order valence-electron chi connectivity index (χ1n) is 15.4. The molecular formula is C32H36N6O7S. The number of carbonyl (C=O) groups is 2. The third kappa shape index (κ3) is 4.57. The molecule has 13 nitrogen and oxygen atoms in total. The molecule has 0 aliphatic carbocycles. The second kappa shape index (κ2) is 11.3. The molecule has 7 rings (SSSR count). The summed E-state index contributed by atoms with van der Waals surface area (Å²) >= 11 is 0. The standard InChI is InChI=1S/C32H36N6O7S/c1-33(2)26-12-11-25(23-7-3-4-8-24(23)26)28-19-22-20-35(46(43,44)29-10-6-5-9-27(29)38(41)42)21-32(22)30(39)36(31(40)37(28)32)14-13-34-15-17-45-18-16-34/h3-12,22,28H,13-21H2,1-2H3/t22-,28?,32-/m1/s1. The van der Waals surface area contributed by atoms with Crippen LogP contribution in [0.2, 0.25) is 0 Å². The van der Waals surface area contributed by atoms with E-state index in [2.05, 4.69) is 4.90 Å². The maximum Gasteiger partial charge on any atom is 0.328 e. The molecule has 0 radical (unpaired) electrons. The molecule has 46 heavy (non-hydrogen) atoms. The smallest absolute Gasteiger partial charge is 0.328 e. The van der Waals surface area contributed by atoms with Gasteiger partial charge in [0.05, 0.1) is 24.2 Å². The van der Waals surface area contributed by atoms with Gasteiger partial charge in [-0.25, -0.2) is 13.2 Å². The molecule has 4 heterocycles. The molecule has 4 aliphatic rings. The SMILES string of the molecule is CN(C)c1ccc(C2C[C@@H]3CN(S(=O)(=O)c4ccccc4[N+](=O)[O-])C[C@]34C(=O)N(CCN3CCOCC3)C(=O)N24)c2ccccc12. The van der Waals surface area contributed by atoms with Crippen LogP contribution in [0.25, 0.3) is 10.8 Å². The van der Waals surface area contributed by atoms with Gasteiger partial charge in [-0.05, 0) is 29.5 Å². The van der Waals surface area contributed by atoms with E-state index in [1.165, 1.54) is 23.1 Å². The summed E-state index contributed by atoms with van der Waals surface area (Å²) < 4.78 is 34.6. The molecule has 3 amide bonds. The predicted molar refractivity (Wildman–Crippen MR) is 170 cm³/mol. The quantitative estimate of drug-likeness (QED) is 0.205. The monoisotopic (exact) mass is 648 g/mol. The van der Waals surface area contributed by atoms with E-state index in [-0.39, 0.29) is 19.6 Å². The zero-order valence-electron chi connectivity index (χ0n) is 25.7. The summed E-state index contributed by atoms with van der Waals surface area (Å²) in [7, 11) is -0.425. The normalized spacial score (nSPS) is 25.3. The largest absolute Gasteiger partial charge is 0.379 e. The van der Waals surface area contributed by atoms with Crippen molar-refractivity contribution in [3.8, 4) is 0 Å². The van der Waals surface area contributed by atoms with Crippen molar-refractivity contribution in [3.05, 3.63) is 76.3 Å². The van der Waals surface area contributed by atoms with Gasteiger partial charge in [0.1, 0.15) is 5.54 Å². The average Bonchev–Trinajstić information content (AvgIpc) is 3.65. The highest BCUT2D eigenvalue weighted by molar-refractivity contribution is 7.89. The summed E-state index contributed by atoms with van der Waals surface area (Å²) in [6.07, 6.45) is 0.378. The molecule has 3 atom stereocenters. The number of urea groups is 1. The number of hydrogen-bond acceptors (Lipinski definition) is 9. The predicted octanol–water partition coefficient (Wildman–Crippen LogP) is 2.91. The number of amides is 3.